The molecule has 2 heterocycles. The Morgan fingerprint density at radius 3 is 2.60 bits per heavy atom. The molecule has 4 rings (SSSR count). The fourth-order valence-corrected chi connectivity index (χ4v) is 3.23. The van der Waals surface area contributed by atoms with Crippen molar-refractivity contribution in [3.05, 3.63) is 65.3 Å². The Balaban J connectivity index is 1.65. The molecule has 6 heteroatoms. The molecule has 0 fully saturated rings. The molecule has 25 heavy (non-hydrogen) atoms. The fourth-order valence-electron chi connectivity index (χ4n) is 2.94. The van der Waals surface area contributed by atoms with Crippen LogP contribution in [0.3, 0.4) is 0 Å². The van der Waals surface area contributed by atoms with Gasteiger partial charge in [0, 0.05) is 13.2 Å². The summed E-state index contributed by atoms with van der Waals surface area (Å²) < 4.78 is 9.07. The van der Waals surface area contributed by atoms with Gasteiger partial charge in [0.05, 0.1) is 29.7 Å². The summed E-state index contributed by atoms with van der Waals surface area (Å²) in [6.07, 6.45) is 1.96. The third-order valence-corrected chi connectivity index (χ3v) is 4.52. The molecule has 5 nitrogen and oxygen atoms in total. The van der Waals surface area contributed by atoms with Gasteiger partial charge in [-0.25, -0.2) is 4.98 Å². The predicted octanol–water partition coefficient (Wildman–Crippen LogP) is 4.15. The first kappa shape index (κ1) is 15.7. The highest BCUT2D eigenvalue weighted by Gasteiger charge is 2.14. The zero-order chi connectivity index (χ0) is 17.4. The Morgan fingerprint density at radius 2 is 1.88 bits per heavy atom. The summed E-state index contributed by atoms with van der Waals surface area (Å²) in [5.41, 5.74) is 3.77. The van der Waals surface area contributed by atoms with Gasteiger partial charge in [-0.1, -0.05) is 29.8 Å². The van der Waals surface area contributed by atoms with Gasteiger partial charge in [-0.2, -0.15) is 5.10 Å². The molecule has 126 valence electrons. The van der Waals surface area contributed by atoms with Crippen molar-refractivity contribution in [2.24, 2.45) is 7.05 Å². The number of para-hydroxylation sites is 1. The number of aryl methyl sites for hydroxylation is 1. The maximum absolute atomic E-state index is 6.30. The van der Waals surface area contributed by atoms with Gasteiger partial charge in [-0.05, 0) is 35.9 Å². The summed E-state index contributed by atoms with van der Waals surface area (Å²) in [7, 11) is 3.62. The van der Waals surface area contributed by atoms with Gasteiger partial charge in [0.25, 0.3) is 0 Å². The van der Waals surface area contributed by atoms with Gasteiger partial charge < -0.3 is 9.30 Å². The lowest BCUT2D eigenvalue weighted by Crippen LogP contribution is -2.01. The number of ether oxygens (including phenoxy) is 1. The van der Waals surface area contributed by atoms with Gasteiger partial charge in [0.1, 0.15) is 11.4 Å². The van der Waals surface area contributed by atoms with Crippen LogP contribution in [0, 0.1) is 0 Å². The van der Waals surface area contributed by atoms with Crippen LogP contribution in [-0.2, 0) is 13.6 Å². The van der Waals surface area contributed by atoms with Crippen LogP contribution in [0.2, 0.25) is 5.02 Å². The van der Waals surface area contributed by atoms with E-state index in [0.29, 0.717) is 11.6 Å². The van der Waals surface area contributed by atoms with E-state index in [0.717, 1.165) is 33.9 Å². The molecular formula is C19H17ClN4O. The first-order valence-electron chi connectivity index (χ1n) is 7.93. The van der Waals surface area contributed by atoms with Crippen molar-refractivity contribution >= 4 is 22.6 Å². The number of hydrogen-bond donors (Lipinski definition) is 0. The molecule has 0 aliphatic heterocycles. The number of nitrogens with zero attached hydrogens (tertiary/aromatic N) is 4. The maximum atomic E-state index is 6.30. The Labute approximate surface area is 150 Å². The molecule has 2 aromatic heterocycles. The molecule has 4 aromatic rings. The lowest BCUT2D eigenvalue weighted by atomic mass is 10.2. The molecule has 0 N–H and O–H groups in total. The summed E-state index contributed by atoms with van der Waals surface area (Å²) in [6.45, 7) is 0.689. The molecule has 0 unspecified atom stereocenters. The third kappa shape index (κ3) is 2.87. The highest BCUT2D eigenvalue weighted by molar-refractivity contribution is 6.35. The SMILES string of the molecule is COc1ccc(Cn2ccc(-c3nc4cccc(Cl)c4n3C)n2)cc1. The van der Waals surface area contributed by atoms with Gasteiger partial charge in [-0.15, -0.1) is 0 Å². The molecule has 0 radical (unpaired) electrons. The quantitative estimate of drug-likeness (QED) is 0.554. The molecule has 0 aliphatic carbocycles. The molecule has 0 saturated heterocycles. The Morgan fingerprint density at radius 1 is 1.08 bits per heavy atom. The second-order valence-electron chi connectivity index (χ2n) is 5.85. The van der Waals surface area contributed by atoms with Crippen LogP contribution in [0.25, 0.3) is 22.6 Å². The van der Waals surface area contributed by atoms with E-state index in [-0.39, 0.29) is 0 Å². The summed E-state index contributed by atoms with van der Waals surface area (Å²) in [5, 5.41) is 5.35. The first-order chi connectivity index (χ1) is 12.2. The third-order valence-electron chi connectivity index (χ3n) is 4.22. The first-order valence-corrected chi connectivity index (χ1v) is 8.31. The number of aromatic nitrogens is 4. The summed E-state index contributed by atoms with van der Waals surface area (Å²) in [4.78, 5) is 4.67. The fraction of sp³-hybridized carbons (Fsp3) is 0.158. The van der Waals surface area contributed by atoms with Crippen molar-refractivity contribution in [3.8, 4) is 17.3 Å². The molecule has 0 amide bonds. The second kappa shape index (κ2) is 6.26. The lowest BCUT2D eigenvalue weighted by molar-refractivity contribution is 0.414. The van der Waals surface area contributed by atoms with Crippen molar-refractivity contribution in [1.82, 2.24) is 19.3 Å². The highest BCUT2D eigenvalue weighted by atomic mass is 35.5. The normalized spacial score (nSPS) is 11.2. The maximum Gasteiger partial charge on any atom is 0.161 e. The zero-order valence-corrected chi connectivity index (χ0v) is 14.7. The number of halogens is 1. The lowest BCUT2D eigenvalue weighted by Gasteiger charge is -2.04. The van der Waals surface area contributed by atoms with Crippen LogP contribution >= 0.6 is 11.6 Å². The van der Waals surface area contributed by atoms with Gasteiger partial charge in [-0.3, -0.25) is 4.68 Å². The monoisotopic (exact) mass is 352 g/mol. The number of hydrogen-bond acceptors (Lipinski definition) is 3. The van der Waals surface area contributed by atoms with E-state index >= 15 is 0 Å². The zero-order valence-electron chi connectivity index (χ0n) is 14.0. The van der Waals surface area contributed by atoms with E-state index in [1.54, 1.807) is 7.11 Å². The molecule has 0 atom stereocenters. The topological polar surface area (TPSA) is 44.9 Å². The smallest absolute Gasteiger partial charge is 0.161 e. The number of methoxy groups -OCH3 is 1. The Kier molecular flexibility index (Phi) is 3.93. The van der Waals surface area contributed by atoms with Crippen molar-refractivity contribution in [3.63, 3.8) is 0 Å². The number of benzene rings is 2. The standard InChI is InChI=1S/C19H17ClN4O/c1-23-18-15(20)4-3-5-16(18)21-19(23)17-10-11-24(22-17)12-13-6-8-14(25-2)9-7-13/h3-11H,12H2,1-2H3. The molecule has 0 bridgehead atoms. The van der Waals surface area contributed by atoms with E-state index in [9.17, 15) is 0 Å². The minimum Gasteiger partial charge on any atom is -0.497 e. The largest absolute Gasteiger partial charge is 0.497 e. The molecule has 0 spiro atoms. The van der Waals surface area contributed by atoms with Crippen molar-refractivity contribution in [1.29, 1.82) is 0 Å². The molecule has 2 aromatic carbocycles. The minimum absolute atomic E-state index is 0.689. The van der Waals surface area contributed by atoms with E-state index in [1.165, 1.54) is 0 Å². The van der Waals surface area contributed by atoms with Crippen molar-refractivity contribution in [2.45, 2.75) is 6.54 Å². The molecule has 0 aliphatic rings. The van der Waals surface area contributed by atoms with Crippen LogP contribution in [0.4, 0.5) is 0 Å². The average molecular weight is 353 g/mol. The van der Waals surface area contributed by atoms with Gasteiger partial charge >= 0.3 is 0 Å². The number of rotatable bonds is 4. The van der Waals surface area contributed by atoms with Crippen LogP contribution in [-0.4, -0.2) is 26.4 Å². The predicted molar refractivity (Wildman–Crippen MR) is 99.0 cm³/mol. The Hall–Kier alpha value is -2.79. The number of fused-ring (bicyclic) bond motifs is 1. The summed E-state index contributed by atoms with van der Waals surface area (Å²) in [5.74, 6) is 1.65. The van der Waals surface area contributed by atoms with E-state index in [1.807, 2.05) is 71.0 Å². The van der Waals surface area contributed by atoms with E-state index < -0.39 is 0 Å². The Bertz CT molecular complexity index is 1030. The van der Waals surface area contributed by atoms with Gasteiger partial charge in [0.15, 0.2) is 5.82 Å². The van der Waals surface area contributed by atoms with Crippen molar-refractivity contribution < 1.29 is 4.74 Å². The second-order valence-corrected chi connectivity index (χ2v) is 6.26. The number of imidazole rings is 1. The van der Waals surface area contributed by atoms with Crippen LogP contribution in [0.5, 0.6) is 5.75 Å². The van der Waals surface area contributed by atoms with E-state index in [2.05, 4.69) is 10.1 Å². The van der Waals surface area contributed by atoms with Crippen LogP contribution in [0.15, 0.2) is 54.7 Å². The van der Waals surface area contributed by atoms with E-state index in [4.69, 9.17) is 16.3 Å². The average Bonchev–Trinajstić information content (AvgIpc) is 3.21. The van der Waals surface area contributed by atoms with Crippen LogP contribution in [0.1, 0.15) is 5.56 Å². The highest BCUT2D eigenvalue weighted by Crippen LogP contribution is 2.27. The van der Waals surface area contributed by atoms with Gasteiger partial charge in [0.2, 0.25) is 0 Å². The minimum atomic E-state index is 0.689. The molecule has 0 saturated carbocycles. The summed E-state index contributed by atoms with van der Waals surface area (Å²) >= 11 is 6.30. The van der Waals surface area contributed by atoms with Crippen molar-refractivity contribution in [2.75, 3.05) is 7.11 Å². The summed E-state index contributed by atoms with van der Waals surface area (Å²) in [6, 6.07) is 15.7. The van der Waals surface area contributed by atoms with Crippen LogP contribution < -0.4 is 4.74 Å². The molecular weight excluding hydrogens is 336 g/mol.